The summed E-state index contributed by atoms with van der Waals surface area (Å²) in [6, 6.07) is 132. The third-order valence-corrected chi connectivity index (χ3v) is 18.5. The van der Waals surface area contributed by atoms with Crippen LogP contribution in [0.25, 0.3) is 99.4 Å². The van der Waals surface area contributed by atoms with E-state index >= 15 is 0 Å². The lowest BCUT2D eigenvalue weighted by Gasteiger charge is -2.26. The minimum Gasteiger partial charge on any atom is -0.311 e. The molecule has 0 saturated heterocycles. The Bertz CT molecular complexity index is 5090. The summed E-state index contributed by atoms with van der Waals surface area (Å²) in [4.78, 5) is 4.69. The Morgan fingerprint density at radius 3 is 0.708 bits per heavy atom. The summed E-state index contributed by atoms with van der Waals surface area (Å²) >= 11 is 0. The summed E-state index contributed by atoms with van der Waals surface area (Å²) in [5, 5.41) is 5.07. The van der Waals surface area contributed by atoms with Gasteiger partial charge in [0, 0.05) is 34.1 Å². The molecule has 0 bridgehead atoms. The molecule has 15 aromatic carbocycles. The zero-order chi connectivity index (χ0) is 65.6. The topological polar surface area (TPSA) is 6.48 Å². The van der Waals surface area contributed by atoms with Crippen molar-refractivity contribution in [1.82, 2.24) is 0 Å². The van der Waals surface area contributed by atoms with E-state index in [1.54, 1.807) is 0 Å². The van der Waals surface area contributed by atoms with Gasteiger partial charge in [0.2, 0.25) is 0 Å². The lowest BCUT2D eigenvalue weighted by Crippen LogP contribution is -2.11. The standard InChI is InChI=1S/C50H41N.C44H37N/c1-50(2,3)44-16-9-15-43(35-44)40-27-33-47(34-28-40)51(45-29-23-38(24-30-45)36-11-5-4-6-12-36)46-31-25-39(26-32-46)37-19-21-42(22-20-37)49-18-10-14-41-13-7-8-17-48(41)49;1-44(2,3)38-16-9-15-37(31-38)34-21-27-40(28-22-34)45(39-25-19-33(20-26-39)32-11-5-4-6-12-32)41-29-23-36(24-30-41)43-18-10-14-35-13-7-8-17-42(35)43/h4-35H,1-3H3;4-31H,1-3H3. The zero-order valence-electron chi connectivity index (χ0n) is 55.5. The van der Waals surface area contributed by atoms with E-state index in [9.17, 15) is 0 Å². The molecule has 2 nitrogen and oxygen atoms in total. The Morgan fingerprint density at radius 1 is 0.177 bits per heavy atom. The van der Waals surface area contributed by atoms with Crippen molar-refractivity contribution in [2.75, 3.05) is 9.80 Å². The minimum atomic E-state index is 0.101. The monoisotopic (exact) mass is 1230 g/mol. The van der Waals surface area contributed by atoms with Gasteiger partial charge in [0.05, 0.1) is 0 Å². The lowest BCUT2D eigenvalue weighted by molar-refractivity contribution is 0.590. The van der Waals surface area contributed by atoms with Crippen LogP contribution in [0.15, 0.2) is 364 Å². The Labute approximate surface area is 567 Å². The van der Waals surface area contributed by atoms with Crippen LogP contribution in [0.5, 0.6) is 0 Å². The van der Waals surface area contributed by atoms with Crippen molar-refractivity contribution in [3.63, 3.8) is 0 Å². The van der Waals surface area contributed by atoms with Crippen LogP contribution in [0.2, 0.25) is 0 Å². The predicted octanol–water partition coefficient (Wildman–Crippen LogP) is 26.9. The Hall–Kier alpha value is -11.6. The average Bonchev–Trinajstić information content (AvgIpc) is 0.807. The highest BCUT2D eigenvalue weighted by Gasteiger charge is 2.20. The molecule has 0 radical (unpaired) electrons. The van der Waals surface area contributed by atoms with Gasteiger partial charge in [0.25, 0.3) is 0 Å². The first-order valence-electron chi connectivity index (χ1n) is 33.4. The Morgan fingerprint density at radius 2 is 0.396 bits per heavy atom. The summed E-state index contributed by atoms with van der Waals surface area (Å²) in [5.41, 5.74) is 26.7. The van der Waals surface area contributed by atoms with Gasteiger partial charge in [0.1, 0.15) is 0 Å². The van der Waals surface area contributed by atoms with Crippen LogP contribution in [-0.4, -0.2) is 0 Å². The fourth-order valence-corrected chi connectivity index (χ4v) is 13.1. The normalized spacial score (nSPS) is 11.4. The molecule has 0 spiro atoms. The molecule has 0 N–H and O–H groups in total. The molecular weight excluding hydrogens is 1160 g/mol. The molecule has 0 amide bonds. The number of hydrogen-bond donors (Lipinski definition) is 0. The molecule has 0 saturated carbocycles. The summed E-state index contributed by atoms with van der Waals surface area (Å²) in [6.07, 6.45) is 0. The second-order valence-electron chi connectivity index (χ2n) is 27.0. The second-order valence-corrected chi connectivity index (χ2v) is 27.0. The molecule has 0 aliphatic rings. The van der Waals surface area contributed by atoms with Gasteiger partial charge in [-0.2, -0.15) is 0 Å². The molecule has 0 heterocycles. The molecule has 0 fully saturated rings. The Kier molecular flexibility index (Phi) is 17.5. The molecule has 15 rings (SSSR count). The van der Waals surface area contributed by atoms with Gasteiger partial charge in [0.15, 0.2) is 0 Å². The van der Waals surface area contributed by atoms with Crippen LogP contribution >= 0.6 is 0 Å². The summed E-state index contributed by atoms with van der Waals surface area (Å²) in [5.74, 6) is 0. The van der Waals surface area contributed by atoms with Crippen molar-refractivity contribution < 1.29 is 0 Å². The van der Waals surface area contributed by atoms with Gasteiger partial charge in [-0.3, -0.25) is 0 Å². The maximum atomic E-state index is 2.34. The van der Waals surface area contributed by atoms with Crippen LogP contribution < -0.4 is 9.80 Å². The van der Waals surface area contributed by atoms with Crippen LogP contribution in [0.3, 0.4) is 0 Å². The molecule has 96 heavy (non-hydrogen) atoms. The fourth-order valence-electron chi connectivity index (χ4n) is 13.1. The number of hydrogen-bond acceptors (Lipinski definition) is 2. The summed E-state index contributed by atoms with van der Waals surface area (Å²) in [6.45, 7) is 13.6. The number of fused-ring (bicyclic) bond motifs is 2. The predicted molar refractivity (Wildman–Crippen MR) is 413 cm³/mol. The van der Waals surface area contributed by atoms with E-state index in [4.69, 9.17) is 0 Å². The summed E-state index contributed by atoms with van der Waals surface area (Å²) < 4.78 is 0. The van der Waals surface area contributed by atoms with E-state index in [-0.39, 0.29) is 10.8 Å². The smallest absolute Gasteiger partial charge is 0.0462 e. The van der Waals surface area contributed by atoms with E-state index in [2.05, 4.69) is 415 Å². The van der Waals surface area contributed by atoms with E-state index in [0.29, 0.717) is 0 Å². The number of rotatable bonds is 13. The van der Waals surface area contributed by atoms with E-state index in [1.807, 2.05) is 0 Å². The molecule has 0 aromatic heterocycles. The molecule has 0 atom stereocenters. The SMILES string of the molecule is CC(C)(C)c1cccc(-c2ccc(N(c3ccc(-c4ccccc4)cc3)c3ccc(-c4ccc(-c5cccc6ccccc56)cc4)cc3)cc2)c1.CC(C)(C)c1cccc(-c2ccc(N(c3ccc(-c4ccccc4)cc3)c3ccc(-c4cccc5ccccc45)cc3)cc2)c1. The quantitative estimate of drug-likeness (QED) is 0.114. The van der Waals surface area contributed by atoms with E-state index in [0.717, 1.165) is 34.1 Å². The highest BCUT2D eigenvalue weighted by molar-refractivity contribution is 5.98. The first-order chi connectivity index (χ1) is 46.8. The fraction of sp³-hybridized carbons (Fsp3) is 0.0851. The molecular formula is C94H78N2. The van der Waals surface area contributed by atoms with Crippen molar-refractivity contribution in [3.8, 4) is 77.9 Å². The van der Waals surface area contributed by atoms with Gasteiger partial charge in [-0.05, 0) is 194 Å². The zero-order valence-corrected chi connectivity index (χ0v) is 55.5. The van der Waals surface area contributed by atoms with Crippen LogP contribution in [0.4, 0.5) is 34.1 Å². The third kappa shape index (κ3) is 13.6. The number of benzene rings is 15. The van der Waals surface area contributed by atoms with Gasteiger partial charge in [-0.25, -0.2) is 0 Å². The maximum Gasteiger partial charge on any atom is 0.0462 e. The van der Waals surface area contributed by atoms with Crippen LogP contribution in [0.1, 0.15) is 52.7 Å². The van der Waals surface area contributed by atoms with Crippen molar-refractivity contribution in [1.29, 1.82) is 0 Å². The largest absolute Gasteiger partial charge is 0.311 e. The molecule has 2 heteroatoms. The second kappa shape index (κ2) is 27.2. The highest BCUT2D eigenvalue weighted by Crippen LogP contribution is 2.42. The molecule has 0 aliphatic carbocycles. The van der Waals surface area contributed by atoms with Crippen molar-refractivity contribution in [2.45, 2.75) is 52.4 Å². The maximum absolute atomic E-state index is 2.34. The lowest BCUT2D eigenvalue weighted by atomic mass is 9.85. The molecule has 15 aromatic rings. The number of anilines is 6. The Balaban J connectivity index is 0.000000166. The first kappa shape index (κ1) is 61.9. The van der Waals surface area contributed by atoms with Gasteiger partial charge in [-0.15, -0.1) is 0 Å². The van der Waals surface area contributed by atoms with Crippen molar-refractivity contribution in [2.24, 2.45) is 0 Å². The molecule has 0 aliphatic heterocycles. The third-order valence-electron chi connectivity index (χ3n) is 18.5. The summed E-state index contributed by atoms with van der Waals surface area (Å²) in [7, 11) is 0. The van der Waals surface area contributed by atoms with Crippen LogP contribution in [0, 0.1) is 0 Å². The van der Waals surface area contributed by atoms with Crippen molar-refractivity contribution in [3.05, 3.63) is 375 Å². The molecule has 0 unspecified atom stereocenters. The first-order valence-corrected chi connectivity index (χ1v) is 33.4. The van der Waals surface area contributed by atoms with Crippen molar-refractivity contribution >= 4 is 55.7 Å². The highest BCUT2D eigenvalue weighted by atomic mass is 15.1. The molecule has 464 valence electrons. The van der Waals surface area contributed by atoms with Gasteiger partial charge in [-0.1, -0.05) is 333 Å². The average molecular weight is 1240 g/mol. The van der Waals surface area contributed by atoms with E-state index in [1.165, 1.54) is 111 Å². The minimum absolute atomic E-state index is 0.101. The van der Waals surface area contributed by atoms with E-state index < -0.39 is 0 Å². The van der Waals surface area contributed by atoms with Crippen LogP contribution in [-0.2, 0) is 10.8 Å². The van der Waals surface area contributed by atoms with Gasteiger partial charge < -0.3 is 9.80 Å². The van der Waals surface area contributed by atoms with Gasteiger partial charge >= 0.3 is 0 Å². The number of nitrogens with zero attached hydrogens (tertiary/aromatic N) is 2.